The highest BCUT2D eigenvalue weighted by Crippen LogP contribution is 2.31. The molecule has 8 nitrogen and oxygen atoms in total. The van der Waals surface area contributed by atoms with E-state index in [0.717, 1.165) is 24.4 Å². The molecule has 0 aliphatic carbocycles. The highest BCUT2D eigenvalue weighted by atomic mass is 19.1. The molecule has 1 fully saturated rings. The number of benzene rings is 2. The molecule has 0 radical (unpaired) electrons. The van der Waals surface area contributed by atoms with E-state index >= 15 is 0 Å². The standard InChI is InChI=1S/C28H28F3N3O5/c1-39-20-5-7-25-22(14-20)21(24(31)15-32-25)8-11-34(16-26(35)36)28(27(37)38)9-12-33(17-28)10-2-3-18-13-19(29)4-6-23(18)30/h2-7,13-15H,8-12,16-17H2,1H3,(H,35,36)(H,37,38). The predicted octanol–water partition coefficient (Wildman–Crippen LogP) is 3.83. The van der Waals surface area contributed by atoms with Crippen LogP contribution >= 0.6 is 0 Å². The minimum Gasteiger partial charge on any atom is -0.497 e. The van der Waals surface area contributed by atoms with Gasteiger partial charge in [-0.25, -0.2) is 13.2 Å². The second-order valence-electron chi connectivity index (χ2n) is 9.42. The van der Waals surface area contributed by atoms with Crippen LogP contribution in [0.2, 0.25) is 0 Å². The maximum atomic E-state index is 14.9. The van der Waals surface area contributed by atoms with E-state index in [4.69, 9.17) is 4.74 Å². The smallest absolute Gasteiger partial charge is 0.325 e. The van der Waals surface area contributed by atoms with Crippen LogP contribution in [-0.2, 0) is 16.0 Å². The van der Waals surface area contributed by atoms with Crippen LogP contribution in [-0.4, -0.2) is 82.3 Å². The van der Waals surface area contributed by atoms with Crippen molar-refractivity contribution in [1.29, 1.82) is 0 Å². The Labute approximate surface area is 222 Å². The van der Waals surface area contributed by atoms with E-state index < -0.39 is 41.5 Å². The van der Waals surface area contributed by atoms with E-state index in [1.54, 1.807) is 29.2 Å². The van der Waals surface area contributed by atoms with E-state index in [0.29, 0.717) is 23.2 Å². The molecule has 2 N–H and O–H groups in total. The number of halogens is 3. The summed E-state index contributed by atoms with van der Waals surface area (Å²) in [5, 5.41) is 20.3. The fourth-order valence-corrected chi connectivity index (χ4v) is 5.00. The number of methoxy groups -OCH3 is 1. The molecule has 2 aromatic carbocycles. The van der Waals surface area contributed by atoms with Gasteiger partial charge in [0.25, 0.3) is 0 Å². The van der Waals surface area contributed by atoms with Crippen molar-refractivity contribution in [3.8, 4) is 5.75 Å². The number of aromatic nitrogens is 1. The van der Waals surface area contributed by atoms with Crippen molar-refractivity contribution < 1.29 is 37.7 Å². The van der Waals surface area contributed by atoms with Crippen molar-refractivity contribution >= 4 is 28.9 Å². The third kappa shape index (κ3) is 6.21. The van der Waals surface area contributed by atoms with E-state index in [2.05, 4.69) is 4.98 Å². The molecule has 1 saturated heterocycles. The lowest BCUT2D eigenvalue weighted by molar-refractivity contribution is -0.153. The van der Waals surface area contributed by atoms with Gasteiger partial charge in [-0.05, 0) is 49.2 Å². The van der Waals surface area contributed by atoms with Gasteiger partial charge in [-0.2, -0.15) is 0 Å². The molecule has 0 amide bonds. The van der Waals surface area contributed by atoms with Gasteiger partial charge in [0, 0.05) is 42.7 Å². The molecule has 4 rings (SSSR count). The Bertz CT molecular complexity index is 1420. The van der Waals surface area contributed by atoms with Gasteiger partial charge in [0.1, 0.15) is 28.7 Å². The Kier molecular flexibility index (Phi) is 8.51. The second-order valence-corrected chi connectivity index (χ2v) is 9.42. The average Bonchev–Trinajstić information content (AvgIpc) is 3.34. The van der Waals surface area contributed by atoms with Gasteiger partial charge < -0.3 is 14.9 Å². The maximum absolute atomic E-state index is 14.9. The highest BCUT2D eigenvalue weighted by molar-refractivity contribution is 5.84. The number of rotatable bonds is 11. The SMILES string of the molecule is COc1ccc2ncc(F)c(CCN(CC(=O)O)C3(C(=O)O)CCN(CC=Cc4cc(F)ccc4F)C3)c2c1. The first-order valence-corrected chi connectivity index (χ1v) is 12.3. The number of ether oxygens (including phenoxy) is 1. The van der Waals surface area contributed by atoms with Crippen molar-refractivity contribution in [2.75, 3.05) is 39.8 Å². The molecule has 2 heterocycles. The van der Waals surface area contributed by atoms with Crippen molar-refractivity contribution in [2.24, 2.45) is 0 Å². The fourth-order valence-electron chi connectivity index (χ4n) is 5.00. The van der Waals surface area contributed by atoms with Gasteiger partial charge >= 0.3 is 11.9 Å². The van der Waals surface area contributed by atoms with Crippen LogP contribution in [0.15, 0.2) is 48.7 Å². The van der Waals surface area contributed by atoms with Crippen molar-refractivity contribution in [2.45, 2.75) is 18.4 Å². The summed E-state index contributed by atoms with van der Waals surface area (Å²) < 4.78 is 47.5. The number of carboxylic acid groups (broad SMARTS) is 2. The van der Waals surface area contributed by atoms with Crippen LogP contribution < -0.4 is 4.74 Å². The number of hydrogen-bond donors (Lipinski definition) is 2. The van der Waals surface area contributed by atoms with E-state index in [1.807, 2.05) is 0 Å². The first-order chi connectivity index (χ1) is 18.6. The second kappa shape index (κ2) is 11.8. The number of carboxylic acids is 2. The third-order valence-electron chi connectivity index (χ3n) is 7.04. The van der Waals surface area contributed by atoms with Crippen LogP contribution in [0.25, 0.3) is 17.0 Å². The van der Waals surface area contributed by atoms with Crippen LogP contribution in [0.3, 0.4) is 0 Å². The highest BCUT2D eigenvalue weighted by Gasteiger charge is 2.49. The van der Waals surface area contributed by atoms with Crippen LogP contribution in [0.5, 0.6) is 5.75 Å². The predicted molar refractivity (Wildman–Crippen MR) is 138 cm³/mol. The normalized spacial score (nSPS) is 17.9. The summed E-state index contributed by atoms with van der Waals surface area (Å²) in [7, 11) is 1.48. The van der Waals surface area contributed by atoms with Gasteiger partial charge in [-0.15, -0.1) is 0 Å². The first-order valence-electron chi connectivity index (χ1n) is 12.3. The fraction of sp³-hybridized carbons (Fsp3) is 0.321. The Morgan fingerprint density at radius 3 is 2.67 bits per heavy atom. The molecular formula is C28H28F3N3O5. The molecular weight excluding hydrogens is 515 g/mol. The lowest BCUT2D eigenvalue weighted by Gasteiger charge is -2.37. The minimum atomic E-state index is -1.53. The Morgan fingerprint density at radius 2 is 1.95 bits per heavy atom. The summed E-state index contributed by atoms with van der Waals surface area (Å²) in [5.41, 5.74) is -0.662. The summed E-state index contributed by atoms with van der Waals surface area (Å²) in [5.74, 6) is -3.65. The van der Waals surface area contributed by atoms with Gasteiger partial charge in [0.15, 0.2) is 0 Å². The van der Waals surface area contributed by atoms with E-state index in [-0.39, 0.29) is 43.6 Å². The van der Waals surface area contributed by atoms with Crippen molar-refractivity contribution in [1.82, 2.24) is 14.8 Å². The zero-order chi connectivity index (χ0) is 28.2. The minimum absolute atomic E-state index is 0.00101. The van der Waals surface area contributed by atoms with Gasteiger partial charge in [0.05, 0.1) is 25.4 Å². The molecule has 0 saturated carbocycles. The van der Waals surface area contributed by atoms with Gasteiger partial charge in [-0.3, -0.25) is 24.4 Å². The quantitative estimate of drug-likeness (QED) is 0.376. The summed E-state index contributed by atoms with van der Waals surface area (Å²) >= 11 is 0. The first kappa shape index (κ1) is 28.1. The lowest BCUT2D eigenvalue weighted by atomic mass is 9.94. The van der Waals surface area contributed by atoms with Crippen molar-refractivity contribution in [3.05, 3.63) is 77.2 Å². The summed E-state index contributed by atoms with van der Waals surface area (Å²) in [6.45, 7) is -0.0150. The molecule has 1 atom stereocenters. The molecule has 1 aliphatic heterocycles. The molecule has 1 aliphatic rings. The Morgan fingerprint density at radius 1 is 1.15 bits per heavy atom. The molecule has 1 unspecified atom stereocenters. The molecule has 3 aromatic rings. The number of pyridine rings is 1. The number of nitrogens with zero attached hydrogens (tertiary/aromatic N) is 3. The largest absolute Gasteiger partial charge is 0.497 e. The lowest BCUT2D eigenvalue weighted by Crippen LogP contribution is -2.58. The van der Waals surface area contributed by atoms with E-state index in [9.17, 15) is 33.0 Å². The zero-order valence-electron chi connectivity index (χ0n) is 21.2. The molecule has 0 bridgehead atoms. The molecule has 0 spiro atoms. The summed E-state index contributed by atoms with van der Waals surface area (Å²) in [6, 6.07) is 8.11. The Balaban J connectivity index is 1.55. The number of aliphatic carboxylic acids is 2. The number of likely N-dealkylation sites (tertiary alicyclic amines) is 1. The van der Waals surface area contributed by atoms with Crippen LogP contribution in [0.4, 0.5) is 13.2 Å². The number of carbonyl (C=O) groups is 2. The molecule has 11 heteroatoms. The zero-order valence-corrected chi connectivity index (χ0v) is 21.2. The van der Waals surface area contributed by atoms with Crippen LogP contribution in [0, 0.1) is 17.5 Å². The maximum Gasteiger partial charge on any atom is 0.325 e. The van der Waals surface area contributed by atoms with Gasteiger partial charge in [0.2, 0.25) is 0 Å². The molecule has 39 heavy (non-hydrogen) atoms. The topological polar surface area (TPSA) is 103 Å². The Hall–Kier alpha value is -3.96. The molecule has 206 valence electrons. The third-order valence-corrected chi connectivity index (χ3v) is 7.04. The monoisotopic (exact) mass is 543 g/mol. The summed E-state index contributed by atoms with van der Waals surface area (Å²) in [4.78, 5) is 31.6. The van der Waals surface area contributed by atoms with Crippen LogP contribution in [0.1, 0.15) is 17.5 Å². The molecule has 1 aromatic heterocycles. The van der Waals surface area contributed by atoms with E-state index in [1.165, 1.54) is 18.1 Å². The number of hydrogen-bond acceptors (Lipinski definition) is 6. The van der Waals surface area contributed by atoms with Crippen molar-refractivity contribution in [3.63, 3.8) is 0 Å². The number of fused-ring (bicyclic) bond motifs is 1. The summed E-state index contributed by atoms with van der Waals surface area (Å²) in [6.07, 6.45) is 4.27. The van der Waals surface area contributed by atoms with Gasteiger partial charge in [-0.1, -0.05) is 12.2 Å². The average molecular weight is 544 g/mol.